The average Bonchev–Trinajstić information content (AvgIpc) is 3.40. The van der Waals surface area contributed by atoms with E-state index in [-0.39, 0.29) is 5.41 Å². The minimum Gasteiger partial charge on any atom is -0.310 e. The van der Waals surface area contributed by atoms with E-state index in [4.69, 9.17) is 0 Å². The lowest BCUT2D eigenvalue weighted by Gasteiger charge is -2.29. The Hall–Kier alpha value is -6.18. The van der Waals surface area contributed by atoms with Crippen LogP contribution in [-0.4, -0.2) is 0 Å². The Morgan fingerprint density at radius 3 is 1.68 bits per heavy atom. The summed E-state index contributed by atoms with van der Waals surface area (Å²) in [6.07, 6.45) is 0. The van der Waals surface area contributed by atoms with Crippen LogP contribution in [-0.2, 0) is 5.41 Å². The first-order valence-corrected chi connectivity index (χ1v) is 17.4. The third-order valence-corrected chi connectivity index (χ3v) is 10.4. The van der Waals surface area contributed by atoms with Crippen LogP contribution in [0.5, 0.6) is 0 Å². The highest BCUT2D eigenvalue weighted by atomic mass is 15.1. The minimum atomic E-state index is -0.145. The van der Waals surface area contributed by atoms with Gasteiger partial charge in [-0.05, 0) is 103 Å². The van der Waals surface area contributed by atoms with Crippen molar-refractivity contribution < 1.29 is 0 Å². The number of hydrogen-bond acceptors (Lipinski definition) is 1. The van der Waals surface area contributed by atoms with Crippen LogP contribution in [0.4, 0.5) is 17.1 Å². The summed E-state index contributed by atoms with van der Waals surface area (Å²) in [5.41, 5.74) is 16.0. The molecule has 0 bridgehead atoms. The summed E-state index contributed by atoms with van der Waals surface area (Å²) in [4.78, 5) is 2.41. The molecule has 1 nitrogen and oxygen atoms in total. The predicted octanol–water partition coefficient (Wildman–Crippen LogP) is 13.6. The highest BCUT2D eigenvalue weighted by molar-refractivity contribution is 5.97. The average molecular weight is 640 g/mol. The molecule has 0 fully saturated rings. The normalized spacial score (nSPS) is 12.8. The van der Waals surface area contributed by atoms with Crippen LogP contribution in [0.1, 0.15) is 25.0 Å². The van der Waals surface area contributed by atoms with Crippen molar-refractivity contribution in [3.63, 3.8) is 0 Å². The molecule has 0 heterocycles. The molecule has 0 radical (unpaired) electrons. The molecule has 0 aromatic heterocycles. The quantitative estimate of drug-likeness (QED) is 0.175. The highest BCUT2D eigenvalue weighted by Gasteiger charge is 2.38. The molecule has 0 spiro atoms. The molecule has 1 heteroatoms. The third-order valence-electron chi connectivity index (χ3n) is 10.4. The Labute approximate surface area is 294 Å². The number of nitrogens with zero attached hydrogens (tertiary/aromatic N) is 1. The molecule has 238 valence electrons. The summed E-state index contributed by atoms with van der Waals surface area (Å²) < 4.78 is 0. The second kappa shape index (κ2) is 12.1. The molecule has 8 aromatic rings. The maximum atomic E-state index is 2.41. The van der Waals surface area contributed by atoms with Crippen molar-refractivity contribution in [3.05, 3.63) is 199 Å². The standard InChI is InChI=1S/C49H37N/c1-49(2)46-33-36-20-10-9-19-35(36)32-45(46)44-29-16-28-41(48(44)49)37-21-15-24-39(31-37)50(38-22-7-4-8-23-38)47-30-14-13-27-43(47)42-26-12-11-25-40(42)34-17-5-3-6-18-34/h3-33H,1-2H3. The van der Waals surface area contributed by atoms with Crippen molar-refractivity contribution in [1.82, 2.24) is 0 Å². The smallest absolute Gasteiger partial charge is 0.0540 e. The Bertz CT molecular complexity index is 2510. The molecule has 0 saturated heterocycles. The van der Waals surface area contributed by atoms with Crippen LogP contribution < -0.4 is 4.90 Å². The molecule has 9 rings (SSSR count). The Morgan fingerprint density at radius 2 is 0.900 bits per heavy atom. The zero-order valence-electron chi connectivity index (χ0n) is 28.3. The Kier molecular flexibility index (Phi) is 7.21. The van der Waals surface area contributed by atoms with Crippen molar-refractivity contribution in [2.75, 3.05) is 4.90 Å². The van der Waals surface area contributed by atoms with Crippen molar-refractivity contribution in [3.8, 4) is 44.5 Å². The van der Waals surface area contributed by atoms with Gasteiger partial charge in [-0.15, -0.1) is 0 Å². The van der Waals surface area contributed by atoms with Gasteiger partial charge in [0.05, 0.1) is 5.69 Å². The van der Waals surface area contributed by atoms with E-state index in [9.17, 15) is 0 Å². The van der Waals surface area contributed by atoms with E-state index in [2.05, 4.69) is 207 Å². The first kappa shape index (κ1) is 29.9. The zero-order chi connectivity index (χ0) is 33.7. The maximum absolute atomic E-state index is 2.41. The van der Waals surface area contributed by atoms with Crippen molar-refractivity contribution >= 4 is 27.8 Å². The van der Waals surface area contributed by atoms with E-state index < -0.39 is 0 Å². The first-order valence-electron chi connectivity index (χ1n) is 17.4. The van der Waals surface area contributed by atoms with Gasteiger partial charge in [0, 0.05) is 22.4 Å². The predicted molar refractivity (Wildman–Crippen MR) is 213 cm³/mol. The van der Waals surface area contributed by atoms with Gasteiger partial charge in [0.25, 0.3) is 0 Å². The largest absolute Gasteiger partial charge is 0.310 e. The van der Waals surface area contributed by atoms with Gasteiger partial charge in [0.2, 0.25) is 0 Å². The van der Waals surface area contributed by atoms with Gasteiger partial charge in [0.15, 0.2) is 0 Å². The number of fused-ring (bicyclic) bond motifs is 4. The van der Waals surface area contributed by atoms with Crippen LogP contribution in [0.3, 0.4) is 0 Å². The second-order valence-corrected chi connectivity index (χ2v) is 13.7. The summed E-state index contributed by atoms with van der Waals surface area (Å²) in [5, 5.41) is 2.58. The summed E-state index contributed by atoms with van der Waals surface area (Å²) in [6.45, 7) is 4.77. The van der Waals surface area contributed by atoms with Crippen LogP contribution in [0.25, 0.3) is 55.3 Å². The molecule has 8 aromatic carbocycles. The molecule has 50 heavy (non-hydrogen) atoms. The van der Waals surface area contributed by atoms with Crippen molar-refractivity contribution in [1.29, 1.82) is 0 Å². The van der Waals surface area contributed by atoms with Crippen LogP contribution in [0.15, 0.2) is 188 Å². The van der Waals surface area contributed by atoms with Crippen LogP contribution in [0.2, 0.25) is 0 Å². The van der Waals surface area contributed by atoms with E-state index >= 15 is 0 Å². The van der Waals surface area contributed by atoms with E-state index in [0.29, 0.717) is 0 Å². The Balaban J connectivity index is 1.22. The molecule has 0 N–H and O–H groups in total. The van der Waals surface area contributed by atoms with Crippen molar-refractivity contribution in [2.24, 2.45) is 0 Å². The molecule has 0 saturated carbocycles. The van der Waals surface area contributed by atoms with Crippen LogP contribution in [0, 0.1) is 0 Å². The fourth-order valence-electron chi connectivity index (χ4n) is 8.11. The van der Waals surface area contributed by atoms with Gasteiger partial charge in [-0.25, -0.2) is 0 Å². The minimum absolute atomic E-state index is 0.145. The Morgan fingerprint density at radius 1 is 0.360 bits per heavy atom. The molecule has 0 unspecified atom stereocenters. The SMILES string of the molecule is CC1(C)c2cc3ccccc3cc2-c2cccc(-c3cccc(N(c4ccccc4)c4ccccc4-c4ccccc4-c4ccccc4)c3)c21. The lowest BCUT2D eigenvalue weighted by molar-refractivity contribution is 0.663. The van der Waals surface area contributed by atoms with Crippen molar-refractivity contribution in [2.45, 2.75) is 19.3 Å². The molecule has 1 aliphatic carbocycles. The number of benzene rings is 8. The zero-order valence-corrected chi connectivity index (χ0v) is 28.3. The third kappa shape index (κ3) is 4.94. The molecule has 1 aliphatic rings. The number of hydrogen-bond donors (Lipinski definition) is 0. The molecular weight excluding hydrogens is 603 g/mol. The van der Waals surface area contributed by atoms with Gasteiger partial charge in [-0.2, -0.15) is 0 Å². The van der Waals surface area contributed by atoms with E-state index in [1.54, 1.807) is 0 Å². The topological polar surface area (TPSA) is 3.24 Å². The highest BCUT2D eigenvalue weighted by Crippen LogP contribution is 2.53. The molecule has 0 amide bonds. The molecule has 0 aliphatic heterocycles. The maximum Gasteiger partial charge on any atom is 0.0540 e. The number of para-hydroxylation sites is 2. The van der Waals surface area contributed by atoms with E-state index in [1.807, 2.05) is 0 Å². The second-order valence-electron chi connectivity index (χ2n) is 13.7. The van der Waals surface area contributed by atoms with Gasteiger partial charge >= 0.3 is 0 Å². The number of rotatable bonds is 6. The van der Waals surface area contributed by atoms with Crippen LogP contribution >= 0.6 is 0 Å². The van der Waals surface area contributed by atoms with Gasteiger partial charge in [-0.3, -0.25) is 0 Å². The first-order chi connectivity index (χ1) is 24.6. The van der Waals surface area contributed by atoms with E-state index in [1.165, 1.54) is 66.4 Å². The summed E-state index contributed by atoms with van der Waals surface area (Å²) in [7, 11) is 0. The monoisotopic (exact) mass is 639 g/mol. The summed E-state index contributed by atoms with van der Waals surface area (Å²) in [5.74, 6) is 0. The van der Waals surface area contributed by atoms with E-state index in [0.717, 1.165) is 17.1 Å². The summed E-state index contributed by atoms with van der Waals surface area (Å²) in [6, 6.07) is 68.5. The van der Waals surface area contributed by atoms with Gasteiger partial charge in [0.1, 0.15) is 0 Å². The number of anilines is 3. The molecular formula is C49H37N. The van der Waals surface area contributed by atoms with Gasteiger partial charge in [-0.1, -0.05) is 159 Å². The fourth-order valence-corrected chi connectivity index (χ4v) is 8.11. The lowest BCUT2D eigenvalue weighted by atomic mass is 9.78. The van der Waals surface area contributed by atoms with Gasteiger partial charge < -0.3 is 4.90 Å². The lowest BCUT2D eigenvalue weighted by Crippen LogP contribution is -2.16. The fraction of sp³-hybridized carbons (Fsp3) is 0.0612. The molecule has 0 atom stereocenters. The summed E-state index contributed by atoms with van der Waals surface area (Å²) >= 11 is 0.